The minimum absolute atomic E-state index is 0.106. The SMILES string of the molecule is Cc1cccc(-c2noc([C@@H]3CCCN(S(=O)(=O)c4ccc(Br)cc4)C3)n2)c1. The zero-order valence-corrected chi connectivity index (χ0v) is 17.8. The molecule has 8 heteroatoms. The summed E-state index contributed by atoms with van der Waals surface area (Å²) in [6.07, 6.45) is 1.57. The van der Waals surface area contributed by atoms with Gasteiger partial charge in [0.15, 0.2) is 0 Å². The molecular formula is C20H20BrN3O3S. The van der Waals surface area contributed by atoms with Gasteiger partial charge < -0.3 is 4.52 Å². The van der Waals surface area contributed by atoms with Crippen LogP contribution in [-0.2, 0) is 10.0 Å². The van der Waals surface area contributed by atoms with E-state index in [1.54, 1.807) is 24.3 Å². The zero-order valence-electron chi connectivity index (χ0n) is 15.4. The van der Waals surface area contributed by atoms with Gasteiger partial charge in [-0.25, -0.2) is 8.42 Å². The van der Waals surface area contributed by atoms with Gasteiger partial charge in [0.05, 0.1) is 10.8 Å². The average molecular weight is 462 g/mol. The average Bonchev–Trinajstić information content (AvgIpc) is 3.19. The highest BCUT2D eigenvalue weighted by Gasteiger charge is 2.33. The molecule has 0 radical (unpaired) electrons. The van der Waals surface area contributed by atoms with Crippen LogP contribution in [-0.4, -0.2) is 36.0 Å². The summed E-state index contributed by atoms with van der Waals surface area (Å²) in [4.78, 5) is 4.83. The van der Waals surface area contributed by atoms with E-state index in [0.717, 1.165) is 28.4 Å². The van der Waals surface area contributed by atoms with E-state index in [4.69, 9.17) is 4.52 Å². The maximum atomic E-state index is 13.0. The molecule has 6 nitrogen and oxygen atoms in total. The smallest absolute Gasteiger partial charge is 0.243 e. The summed E-state index contributed by atoms with van der Waals surface area (Å²) in [5.41, 5.74) is 2.01. The van der Waals surface area contributed by atoms with Crippen LogP contribution in [0.15, 0.2) is 62.4 Å². The lowest BCUT2D eigenvalue weighted by atomic mass is 10.00. The highest BCUT2D eigenvalue weighted by atomic mass is 79.9. The summed E-state index contributed by atoms with van der Waals surface area (Å²) in [5, 5.41) is 4.10. The third-order valence-electron chi connectivity index (χ3n) is 4.90. The Morgan fingerprint density at radius 1 is 1.18 bits per heavy atom. The standard InChI is InChI=1S/C20H20BrN3O3S/c1-14-4-2-5-15(12-14)19-22-20(27-23-19)16-6-3-11-24(13-16)28(25,26)18-9-7-17(21)8-10-18/h2,4-5,7-10,12,16H,3,6,11,13H2,1H3/t16-/m1/s1. The van der Waals surface area contributed by atoms with E-state index in [2.05, 4.69) is 26.1 Å². The van der Waals surface area contributed by atoms with Crippen molar-refractivity contribution >= 4 is 26.0 Å². The van der Waals surface area contributed by atoms with E-state index in [9.17, 15) is 8.42 Å². The molecule has 1 aliphatic heterocycles. The minimum atomic E-state index is -3.55. The van der Waals surface area contributed by atoms with Crippen LogP contribution in [0.2, 0.25) is 0 Å². The maximum absolute atomic E-state index is 13.0. The van der Waals surface area contributed by atoms with Gasteiger partial charge >= 0.3 is 0 Å². The Bertz CT molecular complexity index is 1080. The van der Waals surface area contributed by atoms with Gasteiger partial charge in [-0.2, -0.15) is 9.29 Å². The molecule has 0 amide bonds. The van der Waals surface area contributed by atoms with Crippen LogP contribution in [0, 0.1) is 6.92 Å². The van der Waals surface area contributed by atoms with Gasteiger partial charge in [-0.05, 0) is 50.1 Å². The van der Waals surface area contributed by atoms with Gasteiger partial charge in [0.25, 0.3) is 0 Å². The predicted molar refractivity (Wildman–Crippen MR) is 109 cm³/mol. The van der Waals surface area contributed by atoms with Gasteiger partial charge in [0.1, 0.15) is 0 Å². The van der Waals surface area contributed by atoms with E-state index in [1.807, 2.05) is 31.2 Å². The second kappa shape index (κ2) is 7.77. The fourth-order valence-corrected chi connectivity index (χ4v) is 5.21. The first kappa shape index (κ1) is 19.3. The van der Waals surface area contributed by atoms with Gasteiger partial charge in [-0.3, -0.25) is 0 Å². The lowest BCUT2D eigenvalue weighted by molar-refractivity contribution is 0.265. The fourth-order valence-electron chi connectivity index (χ4n) is 3.42. The van der Waals surface area contributed by atoms with Crippen molar-refractivity contribution < 1.29 is 12.9 Å². The molecule has 0 N–H and O–H groups in total. The van der Waals surface area contributed by atoms with Gasteiger partial charge in [0, 0.05) is 23.1 Å². The number of halogens is 1. The Balaban J connectivity index is 1.55. The van der Waals surface area contributed by atoms with Crippen molar-refractivity contribution in [2.24, 2.45) is 0 Å². The number of rotatable bonds is 4. The Morgan fingerprint density at radius 2 is 1.96 bits per heavy atom. The number of nitrogens with zero attached hydrogens (tertiary/aromatic N) is 3. The highest BCUT2D eigenvalue weighted by Crippen LogP contribution is 2.31. The van der Waals surface area contributed by atoms with Crippen LogP contribution in [0.5, 0.6) is 0 Å². The predicted octanol–water partition coefficient (Wildman–Crippen LogP) is 4.38. The molecule has 1 aromatic heterocycles. The van der Waals surface area contributed by atoms with Crippen molar-refractivity contribution in [1.29, 1.82) is 0 Å². The number of piperidine rings is 1. The molecule has 1 atom stereocenters. The summed E-state index contributed by atoms with van der Waals surface area (Å²) in [5.74, 6) is 0.920. The van der Waals surface area contributed by atoms with Crippen molar-refractivity contribution in [3.63, 3.8) is 0 Å². The van der Waals surface area contributed by atoms with E-state index >= 15 is 0 Å². The first-order chi connectivity index (χ1) is 13.4. The van der Waals surface area contributed by atoms with E-state index in [1.165, 1.54) is 4.31 Å². The molecule has 2 heterocycles. The molecule has 3 aromatic rings. The second-order valence-corrected chi connectivity index (χ2v) is 9.84. The van der Waals surface area contributed by atoms with E-state index < -0.39 is 10.0 Å². The lowest BCUT2D eigenvalue weighted by Gasteiger charge is -2.30. The Kier molecular flexibility index (Phi) is 5.35. The molecular weight excluding hydrogens is 442 g/mol. The molecule has 4 rings (SSSR count). The third kappa shape index (κ3) is 3.90. The van der Waals surface area contributed by atoms with Crippen LogP contribution in [0.1, 0.15) is 30.2 Å². The molecule has 0 unspecified atom stereocenters. The number of benzene rings is 2. The van der Waals surface area contributed by atoms with E-state index in [-0.39, 0.29) is 5.92 Å². The summed E-state index contributed by atoms with van der Waals surface area (Å²) < 4.78 is 33.8. The van der Waals surface area contributed by atoms with Crippen molar-refractivity contribution in [1.82, 2.24) is 14.4 Å². The summed E-state index contributed by atoms with van der Waals surface area (Å²) in [6.45, 7) is 2.85. The van der Waals surface area contributed by atoms with Gasteiger partial charge in [-0.15, -0.1) is 0 Å². The van der Waals surface area contributed by atoms with E-state index in [0.29, 0.717) is 29.7 Å². The molecule has 2 aromatic carbocycles. The molecule has 0 saturated carbocycles. The zero-order chi connectivity index (χ0) is 19.7. The number of aryl methyl sites for hydroxylation is 1. The summed E-state index contributed by atoms with van der Waals surface area (Å²) in [7, 11) is -3.55. The number of hydrogen-bond donors (Lipinski definition) is 0. The van der Waals surface area contributed by atoms with Crippen LogP contribution in [0.25, 0.3) is 11.4 Å². The quantitative estimate of drug-likeness (QED) is 0.576. The fraction of sp³-hybridized carbons (Fsp3) is 0.300. The first-order valence-corrected chi connectivity index (χ1v) is 11.3. The van der Waals surface area contributed by atoms with Gasteiger partial charge in [-0.1, -0.05) is 44.8 Å². The van der Waals surface area contributed by atoms with Crippen molar-refractivity contribution in [2.45, 2.75) is 30.6 Å². The summed E-state index contributed by atoms with van der Waals surface area (Å²) >= 11 is 3.34. The highest BCUT2D eigenvalue weighted by molar-refractivity contribution is 9.10. The molecule has 146 valence electrons. The van der Waals surface area contributed by atoms with Crippen LogP contribution in [0.4, 0.5) is 0 Å². The maximum Gasteiger partial charge on any atom is 0.243 e. The van der Waals surface area contributed by atoms with Crippen LogP contribution < -0.4 is 0 Å². The molecule has 0 spiro atoms. The summed E-state index contributed by atoms with van der Waals surface area (Å²) in [6, 6.07) is 14.6. The number of sulfonamides is 1. The Labute approximate surface area is 172 Å². The van der Waals surface area contributed by atoms with Crippen molar-refractivity contribution in [3.05, 3.63) is 64.5 Å². The van der Waals surface area contributed by atoms with Crippen LogP contribution in [0.3, 0.4) is 0 Å². The molecule has 0 bridgehead atoms. The minimum Gasteiger partial charge on any atom is -0.339 e. The van der Waals surface area contributed by atoms with Crippen LogP contribution >= 0.6 is 15.9 Å². The van der Waals surface area contributed by atoms with Crippen molar-refractivity contribution in [2.75, 3.05) is 13.1 Å². The Hall–Kier alpha value is -2.03. The number of aromatic nitrogens is 2. The first-order valence-electron chi connectivity index (χ1n) is 9.10. The second-order valence-electron chi connectivity index (χ2n) is 6.98. The Morgan fingerprint density at radius 3 is 2.71 bits per heavy atom. The lowest BCUT2D eigenvalue weighted by Crippen LogP contribution is -2.39. The number of hydrogen-bond acceptors (Lipinski definition) is 5. The topological polar surface area (TPSA) is 76.3 Å². The molecule has 28 heavy (non-hydrogen) atoms. The largest absolute Gasteiger partial charge is 0.339 e. The normalized spacial score (nSPS) is 18.3. The molecule has 0 aliphatic carbocycles. The van der Waals surface area contributed by atoms with Crippen molar-refractivity contribution in [3.8, 4) is 11.4 Å². The monoisotopic (exact) mass is 461 g/mol. The molecule has 1 saturated heterocycles. The third-order valence-corrected chi connectivity index (χ3v) is 7.31. The molecule has 1 fully saturated rings. The van der Waals surface area contributed by atoms with Gasteiger partial charge in [0.2, 0.25) is 21.7 Å². The molecule has 1 aliphatic rings.